The van der Waals surface area contributed by atoms with E-state index in [1.165, 1.54) is 12.8 Å². The quantitative estimate of drug-likeness (QED) is 0.748. The first-order valence-corrected chi connectivity index (χ1v) is 7.89. The molecule has 1 aromatic carbocycles. The second-order valence-electron chi connectivity index (χ2n) is 4.85. The number of hydrogen-bond donors (Lipinski definition) is 2. The van der Waals surface area contributed by atoms with Gasteiger partial charge in [-0.2, -0.15) is 0 Å². The molecule has 0 spiro atoms. The Hall–Kier alpha value is -0.650. The summed E-state index contributed by atoms with van der Waals surface area (Å²) < 4.78 is 0.944. The van der Waals surface area contributed by atoms with Crippen LogP contribution in [0.15, 0.2) is 22.7 Å². The van der Waals surface area contributed by atoms with Gasteiger partial charge in [-0.05, 0) is 53.5 Å². The minimum Gasteiger partial charge on any atom is -0.389 e. The number of nitrogens with zero attached hydrogens (tertiary/aromatic N) is 1. The van der Waals surface area contributed by atoms with Gasteiger partial charge in [0.25, 0.3) is 0 Å². The molecule has 19 heavy (non-hydrogen) atoms. The van der Waals surface area contributed by atoms with Crippen LogP contribution >= 0.6 is 28.1 Å². The van der Waals surface area contributed by atoms with Crippen LogP contribution in [0, 0.1) is 0 Å². The molecule has 1 fully saturated rings. The molecule has 5 heteroatoms. The lowest BCUT2D eigenvalue weighted by Crippen LogP contribution is -2.30. The third-order valence-electron chi connectivity index (χ3n) is 3.43. The highest BCUT2D eigenvalue weighted by atomic mass is 79.9. The van der Waals surface area contributed by atoms with Crippen molar-refractivity contribution in [3.8, 4) is 0 Å². The molecule has 0 bridgehead atoms. The lowest BCUT2D eigenvalue weighted by molar-refractivity contribution is 0.289. The van der Waals surface area contributed by atoms with E-state index in [1.807, 2.05) is 18.2 Å². The third-order valence-corrected chi connectivity index (χ3v) is 4.31. The van der Waals surface area contributed by atoms with E-state index in [0.717, 1.165) is 41.4 Å². The summed E-state index contributed by atoms with van der Waals surface area (Å²) in [5.74, 6) is 0. The molecular weight excluding hydrogens is 322 g/mol. The van der Waals surface area contributed by atoms with Gasteiger partial charge in [0.15, 0.2) is 0 Å². The molecule has 1 aromatic rings. The van der Waals surface area contributed by atoms with Crippen LogP contribution in [0.3, 0.4) is 0 Å². The molecule has 2 rings (SSSR count). The standard InChI is InChI=1S/C14H20BrN3S/c1-2-18(11-4-5-11)8-7-17-10-3-6-12(14(16)19)13(15)9-10/h3,6,9,11,17H,2,4-5,7-8H2,1H3,(H2,16,19). The summed E-state index contributed by atoms with van der Waals surface area (Å²) in [5.41, 5.74) is 7.62. The maximum Gasteiger partial charge on any atom is 0.105 e. The van der Waals surface area contributed by atoms with Crippen LogP contribution in [0.5, 0.6) is 0 Å². The lowest BCUT2D eigenvalue weighted by atomic mass is 10.2. The highest BCUT2D eigenvalue weighted by Crippen LogP contribution is 2.26. The van der Waals surface area contributed by atoms with Crippen molar-refractivity contribution in [2.75, 3.05) is 25.0 Å². The van der Waals surface area contributed by atoms with E-state index in [9.17, 15) is 0 Å². The van der Waals surface area contributed by atoms with E-state index < -0.39 is 0 Å². The van der Waals surface area contributed by atoms with Crippen molar-refractivity contribution < 1.29 is 0 Å². The number of nitrogens with two attached hydrogens (primary N) is 1. The van der Waals surface area contributed by atoms with Crippen molar-refractivity contribution in [1.29, 1.82) is 0 Å². The average Bonchev–Trinajstić information content (AvgIpc) is 3.18. The Kier molecular flexibility index (Phi) is 5.19. The van der Waals surface area contributed by atoms with Crippen molar-refractivity contribution in [2.45, 2.75) is 25.8 Å². The van der Waals surface area contributed by atoms with Gasteiger partial charge in [-0.25, -0.2) is 0 Å². The van der Waals surface area contributed by atoms with Crippen LogP contribution in [0.4, 0.5) is 5.69 Å². The van der Waals surface area contributed by atoms with Crippen LogP contribution < -0.4 is 11.1 Å². The largest absolute Gasteiger partial charge is 0.389 e. The number of rotatable bonds is 7. The maximum atomic E-state index is 5.64. The number of anilines is 1. The van der Waals surface area contributed by atoms with E-state index >= 15 is 0 Å². The number of likely N-dealkylation sites (N-methyl/N-ethyl adjacent to an activating group) is 1. The third kappa shape index (κ3) is 4.16. The zero-order chi connectivity index (χ0) is 13.8. The Balaban J connectivity index is 1.85. The van der Waals surface area contributed by atoms with Crippen molar-refractivity contribution in [3.63, 3.8) is 0 Å². The summed E-state index contributed by atoms with van der Waals surface area (Å²) >= 11 is 8.48. The van der Waals surface area contributed by atoms with Gasteiger partial charge in [0.2, 0.25) is 0 Å². The summed E-state index contributed by atoms with van der Waals surface area (Å²) in [6.07, 6.45) is 2.73. The van der Waals surface area contributed by atoms with Crippen molar-refractivity contribution in [2.24, 2.45) is 5.73 Å². The predicted molar refractivity (Wildman–Crippen MR) is 88.8 cm³/mol. The first-order valence-electron chi connectivity index (χ1n) is 6.69. The van der Waals surface area contributed by atoms with Crippen LogP contribution in [-0.4, -0.2) is 35.6 Å². The summed E-state index contributed by atoms with van der Waals surface area (Å²) in [6, 6.07) is 6.83. The molecular formula is C14H20BrN3S. The van der Waals surface area contributed by atoms with Gasteiger partial charge in [-0.1, -0.05) is 19.1 Å². The minimum atomic E-state index is 0.421. The molecule has 3 nitrogen and oxygen atoms in total. The lowest BCUT2D eigenvalue weighted by Gasteiger charge is -2.20. The first kappa shape index (κ1) is 14.8. The molecule has 3 N–H and O–H groups in total. The molecule has 1 aliphatic carbocycles. The molecule has 0 atom stereocenters. The summed E-state index contributed by atoms with van der Waals surface area (Å²) in [4.78, 5) is 2.95. The average molecular weight is 342 g/mol. The summed E-state index contributed by atoms with van der Waals surface area (Å²) in [5, 5.41) is 3.44. The topological polar surface area (TPSA) is 41.3 Å². The van der Waals surface area contributed by atoms with Gasteiger partial charge in [-0.15, -0.1) is 0 Å². The molecule has 104 valence electrons. The first-order chi connectivity index (χ1) is 9.11. The van der Waals surface area contributed by atoms with Crippen LogP contribution in [0.25, 0.3) is 0 Å². The number of hydrogen-bond acceptors (Lipinski definition) is 3. The highest BCUT2D eigenvalue weighted by molar-refractivity contribution is 9.10. The Morgan fingerprint density at radius 2 is 2.26 bits per heavy atom. The Morgan fingerprint density at radius 3 is 2.79 bits per heavy atom. The molecule has 0 amide bonds. The Labute approximate surface area is 128 Å². The van der Waals surface area contributed by atoms with Gasteiger partial charge in [0.1, 0.15) is 4.99 Å². The number of benzene rings is 1. The van der Waals surface area contributed by atoms with Gasteiger partial charge in [0.05, 0.1) is 0 Å². The van der Waals surface area contributed by atoms with E-state index in [-0.39, 0.29) is 0 Å². The van der Waals surface area contributed by atoms with Crippen LogP contribution in [-0.2, 0) is 0 Å². The van der Waals surface area contributed by atoms with Gasteiger partial charge in [-0.3, -0.25) is 4.90 Å². The number of halogens is 1. The van der Waals surface area contributed by atoms with E-state index in [2.05, 4.69) is 33.1 Å². The minimum absolute atomic E-state index is 0.421. The van der Waals surface area contributed by atoms with Crippen molar-refractivity contribution in [3.05, 3.63) is 28.2 Å². The highest BCUT2D eigenvalue weighted by Gasteiger charge is 2.27. The SMILES string of the molecule is CCN(CCNc1ccc(C(N)=S)c(Br)c1)C1CC1. The zero-order valence-electron chi connectivity index (χ0n) is 11.2. The molecule has 0 heterocycles. The summed E-state index contributed by atoms with van der Waals surface area (Å²) in [6.45, 7) is 5.42. The molecule has 0 aliphatic heterocycles. The second kappa shape index (κ2) is 6.68. The molecule has 0 aromatic heterocycles. The molecule has 0 unspecified atom stereocenters. The molecule has 1 aliphatic rings. The Morgan fingerprint density at radius 1 is 1.53 bits per heavy atom. The molecule has 0 saturated heterocycles. The van der Waals surface area contributed by atoms with Crippen LogP contribution in [0.2, 0.25) is 0 Å². The van der Waals surface area contributed by atoms with Gasteiger partial charge >= 0.3 is 0 Å². The van der Waals surface area contributed by atoms with E-state index in [1.54, 1.807) is 0 Å². The van der Waals surface area contributed by atoms with Gasteiger partial charge < -0.3 is 11.1 Å². The number of nitrogens with one attached hydrogen (secondary N) is 1. The second-order valence-corrected chi connectivity index (χ2v) is 6.14. The maximum absolute atomic E-state index is 5.64. The predicted octanol–water partition coefficient (Wildman–Crippen LogP) is 2.98. The van der Waals surface area contributed by atoms with E-state index in [0.29, 0.717) is 4.99 Å². The number of thiocarbonyl (C=S) groups is 1. The van der Waals surface area contributed by atoms with Crippen molar-refractivity contribution in [1.82, 2.24) is 4.90 Å². The Bertz CT molecular complexity index is 460. The van der Waals surface area contributed by atoms with E-state index in [4.69, 9.17) is 18.0 Å². The molecule has 1 saturated carbocycles. The fourth-order valence-corrected chi connectivity index (χ4v) is 3.11. The fourth-order valence-electron chi connectivity index (χ4n) is 2.21. The molecule has 0 radical (unpaired) electrons. The smallest absolute Gasteiger partial charge is 0.105 e. The van der Waals surface area contributed by atoms with Crippen LogP contribution in [0.1, 0.15) is 25.3 Å². The zero-order valence-corrected chi connectivity index (χ0v) is 13.6. The monoisotopic (exact) mass is 341 g/mol. The fraction of sp³-hybridized carbons (Fsp3) is 0.500. The normalized spacial score (nSPS) is 14.7. The summed E-state index contributed by atoms with van der Waals surface area (Å²) in [7, 11) is 0. The van der Waals surface area contributed by atoms with Gasteiger partial charge in [0, 0.05) is 34.9 Å². The van der Waals surface area contributed by atoms with Crippen molar-refractivity contribution >= 4 is 38.8 Å².